The molecule has 0 fully saturated rings. The van der Waals surface area contributed by atoms with Crippen molar-refractivity contribution in [2.45, 2.75) is 6.42 Å². The number of para-hydroxylation sites is 1. The second-order valence-electron chi connectivity index (χ2n) is 4.43. The van der Waals surface area contributed by atoms with Crippen LogP contribution in [-0.4, -0.2) is 9.55 Å². The molecule has 0 radical (unpaired) electrons. The van der Waals surface area contributed by atoms with Gasteiger partial charge in [0.2, 0.25) is 0 Å². The van der Waals surface area contributed by atoms with Gasteiger partial charge in [-0.15, -0.1) is 0 Å². The minimum atomic E-state index is 0.723. The van der Waals surface area contributed by atoms with Gasteiger partial charge in [-0.1, -0.05) is 48.5 Å². The molecular formula is C16H14N2S. The van der Waals surface area contributed by atoms with Crippen molar-refractivity contribution < 1.29 is 0 Å². The van der Waals surface area contributed by atoms with Crippen molar-refractivity contribution in [3.05, 3.63) is 82.9 Å². The van der Waals surface area contributed by atoms with Gasteiger partial charge in [-0.2, -0.15) is 0 Å². The smallest absolute Gasteiger partial charge is 0.181 e. The zero-order valence-electron chi connectivity index (χ0n) is 10.4. The lowest BCUT2D eigenvalue weighted by Crippen LogP contribution is -1.99. The van der Waals surface area contributed by atoms with Crippen LogP contribution < -0.4 is 0 Å². The van der Waals surface area contributed by atoms with Crippen molar-refractivity contribution in [2.75, 3.05) is 0 Å². The number of hydrogen-bond acceptors (Lipinski definition) is 1. The van der Waals surface area contributed by atoms with Crippen LogP contribution in [0.15, 0.2) is 67.0 Å². The van der Waals surface area contributed by atoms with E-state index in [9.17, 15) is 0 Å². The predicted molar refractivity (Wildman–Crippen MR) is 80.2 cm³/mol. The molecule has 0 spiro atoms. The predicted octanol–water partition coefficient (Wildman–Crippen LogP) is 4.13. The van der Waals surface area contributed by atoms with Crippen molar-refractivity contribution in [1.29, 1.82) is 0 Å². The third-order valence-corrected chi connectivity index (χ3v) is 3.45. The average Bonchev–Trinajstić information content (AvgIpc) is 2.87. The van der Waals surface area contributed by atoms with Gasteiger partial charge < -0.3 is 4.98 Å². The van der Waals surface area contributed by atoms with Crippen LogP contribution in [0.2, 0.25) is 0 Å². The maximum absolute atomic E-state index is 5.30. The van der Waals surface area contributed by atoms with Crippen LogP contribution in [0, 0.1) is 4.77 Å². The maximum atomic E-state index is 5.30. The Morgan fingerprint density at radius 2 is 1.68 bits per heavy atom. The lowest BCUT2D eigenvalue weighted by molar-refractivity contribution is 0.998. The second kappa shape index (κ2) is 5.24. The molecule has 3 rings (SSSR count). The van der Waals surface area contributed by atoms with E-state index < -0.39 is 0 Å². The van der Waals surface area contributed by atoms with Crippen molar-refractivity contribution in [3.63, 3.8) is 0 Å². The van der Waals surface area contributed by atoms with Crippen LogP contribution in [0.25, 0.3) is 5.69 Å². The van der Waals surface area contributed by atoms with E-state index in [1.54, 1.807) is 0 Å². The molecule has 0 saturated carbocycles. The van der Waals surface area contributed by atoms with E-state index in [-0.39, 0.29) is 0 Å². The highest BCUT2D eigenvalue weighted by Gasteiger charge is 2.05. The summed E-state index contributed by atoms with van der Waals surface area (Å²) in [6.45, 7) is 0. The number of aromatic nitrogens is 2. The molecule has 0 aliphatic heterocycles. The molecule has 0 unspecified atom stereocenters. The van der Waals surface area contributed by atoms with E-state index in [1.807, 2.05) is 29.1 Å². The monoisotopic (exact) mass is 266 g/mol. The zero-order valence-corrected chi connectivity index (χ0v) is 11.2. The lowest BCUT2D eigenvalue weighted by Gasteiger charge is -2.10. The van der Waals surface area contributed by atoms with E-state index in [1.165, 1.54) is 11.1 Å². The molecule has 0 saturated heterocycles. The molecule has 3 aromatic rings. The fourth-order valence-corrected chi connectivity index (χ4v) is 2.45. The van der Waals surface area contributed by atoms with Crippen molar-refractivity contribution >= 4 is 12.2 Å². The first-order valence-corrected chi connectivity index (χ1v) is 6.63. The fraction of sp³-hybridized carbons (Fsp3) is 0.0625. The molecule has 2 nitrogen and oxygen atoms in total. The van der Waals surface area contributed by atoms with Crippen LogP contribution in [0.1, 0.15) is 11.1 Å². The standard InChI is InChI=1S/C16H14N2S/c19-16-17-10-11-18(16)15-9-5-4-8-14(15)12-13-6-2-1-3-7-13/h1-11H,12H2,(H,17,19). The third-order valence-electron chi connectivity index (χ3n) is 3.14. The van der Waals surface area contributed by atoms with Gasteiger partial charge in [0.05, 0.1) is 5.69 Å². The average molecular weight is 266 g/mol. The van der Waals surface area contributed by atoms with Gasteiger partial charge in [0.25, 0.3) is 0 Å². The van der Waals surface area contributed by atoms with E-state index >= 15 is 0 Å². The Bertz CT molecular complexity index is 726. The summed E-state index contributed by atoms with van der Waals surface area (Å²) in [6, 6.07) is 18.8. The third kappa shape index (κ3) is 2.51. The molecule has 0 bridgehead atoms. The first kappa shape index (κ1) is 11.9. The Labute approximate surface area is 117 Å². The molecule has 0 amide bonds. The first-order valence-electron chi connectivity index (χ1n) is 6.23. The number of nitrogens with zero attached hydrogens (tertiary/aromatic N) is 1. The van der Waals surface area contributed by atoms with Crippen molar-refractivity contribution in [2.24, 2.45) is 0 Å². The number of imidazole rings is 1. The Morgan fingerprint density at radius 1 is 0.947 bits per heavy atom. The Balaban J connectivity index is 2.04. The zero-order chi connectivity index (χ0) is 13.1. The largest absolute Gasteiger partial charge is 0.337 e. The van der Waals surface area contributed by atoms with Crippen molar-refractivity contribution in [1.82, 2.24) is 9.55 Å². The van der Waals surface area contributed by atoms with Crippen LogP contribution in [0.4, 0.5) is 0 Å². The van der Waals surface area contributed by atoms with Crippen LogP contribution in [-0.2, 0) is 6.42 Å². The lowest BCUT2D eigenvalue weighted by atomic mass is 10.0. The number of aromatic amines is 1. The summed E-state index contributed by atoms with van der Waals surface area (Å²) in [5.74, 6) is 0. The van der Waals surface area contributed by atoms with Gasteiger partial charge in [0, 0.05) is 12.4 Å². The van der Waals surface area contributed by atoms with Crippen LogP contribution >= 0.6 is 12.2 Å². The molecule has 3 heteroatoms. The fourth-order valence-electron chi connectivity index (χ4n) is 2.22. The second-order valence-corrected chi connectivity index (χ2v) is 4.81. The van der Waals surface area contributed by atoms with Crippen LogP contribution in [0.5, 0.6) is 0 Å². The van der Waals surface area contributed by atoms with Gasteiger partial charge in [-0.25, -0.2) is 0 Å². The van der Waals surface area contributed by atoms with E-state index in [4.69, 9.17) is 12.2 Å². The maximum Gasteiger partial charge on any atom is 0.181 e. The first-order chi connectivity index (χ1) is 9.34. The normalized spacial score (nSPS) is 10.5. The summed E-state index contributed by atoms with van der Waals surface area (Å²) in [5, 5.41) is 0. The van der Waals surface area contributed by atoms with Gasteiger partial charge in [-0.3, -0.25) is 4.57 Å². The molecule has 0 aliphatic rings. The summed E-state index contributed by atoms with van der Waals surface area (Å²) in [6.07, 6.45) is 4.73. The summed E-state index contributed by atoms with van der Waals surface area (Å²) in [4.78, 5) is 3.04. The number of rotatable bonds is 3. The summed E-state index contributed by atoms with van der Waals surface area (Å²) >= 11 is 5.30. The molecule has 1 aromatic heterocycles. The van der Waals surface area contributed by atoms with Crippen LogP contribution in [0.3, 0.4) is 0 Å². The number of H-pyrrole nitrogens is 1. The van der Waals surface area contributed by atoms with E-state index in [0.29, 0.717) is 0 Å². The summed E-state index contributed by atoms with van der Waals surface area (Å²) in [7, 11) is 0. The highest BCUT2D eigenvalue weighted by Crippen LogP contribution is 2.18. The number of hydrogen-bond donors (Lipinski definition) is 1. The Kier molecular flexibility index (Phi) is 3.29. The Morgan fingerprint density at radius 3 is 2.42 bits per heavy atom. The highest BCUT2D eigenvalue weighted by atomic mass is 32.1. The molecule has 1 N–H and O–H groups in total. The van der Waals surface area contributed by atoms with Gasteiger partial charge in [-0.05, 0) is 35.8 Å². The van der Waals surface area contributed by atoms with Gasteiger partial charge in [0.15, 0.2) is 4.77 Å². The minimum absolute atomic E-state index is 0.723. The number of nitrogens with one attached hydrogen (secondary N) is 1. The highest BCUT2D eigenvalue weighted by molar-refractivity contribution is 7.71. The quantitative estimate of drug-likeness (QED) is 0.707. The van der Waals surface area contributed by atoms with E-state index in [2.05, 4.69) is 47.4 Å². The molecular weight excluding hydrogens is 252 g/mol. The molecule has 19 heavy (non-hydrogen) atoms. The molecule has 1 heterocycles. The molecule has 2 aromatic carbocycles. The minimum Gasteiger partial charge on any atom is -0.337 e. The SMILES string of the molecule is S=c1[nH]ccn1-c1ccccc1Cc1ccccc1. The topological polar surface area (TPSA) is 20.7 Å². The molecule has 0 atom stereocenters. The van der Waals surface area contributed by atoms with E-state index in [0.717, 1.165) is 16.9 Å². The molecule has 94 valence electrons. The van der Waals surface area contributed by atoms with Crippen molar-refractivity contribution in [3.8, 4) is 5.69 Å². The number of benzene rings is 2. The van der Waals surface area contributed by atoms with Gasteiger partial charge in [0.1, 0.15) is 0 Å². The summed E-state index contributed by atoms with van der Waals surface area (Å²) in [5.41, 5.74) is 3.71. The Hall–Kier alpha value is -2.13. The van der Waals surface area contributed by atoms with Gasteiger partial charge >= 0.3 is 0 Å². The summed E-state index contributed by atoms with van der Waals surface area (Å²) < 4.78 is 2.73. The molecule has 0 aliphatic carbocycles.